The van der Waals surface area contributed by atoms with Crippen LogP contribution >= 0.6 is 23.2 Å². The number of aromatic nitrogens is 2. The van der Waals surface area contributed by atoms with Gasteiger partial charge < -0.3 is 4.57 Å². The SMILES string of the molecule is Cn1c(Cc2cccc(C(=O)NO)c2)nc2cc(Cl)c(Cl)cc21. The fourth-order valence-corrected chi connectivity index (χ4v) is 2.78. The Hall–Kier alpha value is -2.08. The van der Waals surface area contributed by atoms with E-state index in [4.69, 9.17) is 28.4 Å². The lowest BCUT2D eigenvalue weighted by atomic mass is 10.1. The maximum absolute atomic E-state index is 11.5. The Bertz CT molecular complexity index is 906. The second kappa shape index (κ2) is 6.20. The van der Waals surface area contributed by atoms with E-state index >= 15 is 0 Å². The number of imidazole rings is 1. The van der Waals surface area contributed by atoms with Crippen LogP contribution in [0.2, 0.25) is 10.0 Å². The fraction of sp³-hybridized carbons (Fsp3) is 0.125. The van der Waals surface area contributed by atoms with E-state index in [2.05, 4.69) is 4.98 Å². The summed E-state index contributed by atoms with van der Waals surface area (Å²) in [5.74, 6) is 0.273. The summed E-state index contributed by atoms with van der Waals surface area (Å²) in [6.45, 7) is 0. The number of hydrogen-bond donors (Lipinski definition) is 2. The van der Waals surface area contributed by atoms with E-state index < -0.39 is 5.91 Å². The third-order valence-corrected chi connectivity index (χ3v) is 4.39. The van der Waals surface area contributed by atoms with Gasteiger partial charge in [-0.25, -0.2) is 10.5 Å². The molecule has 3 aromatic rings. The first-order chi connectivity index (χ1) is 11.0. The first-order valence-corrected chi connectivity index (χ1v) is 7.59. The van der Waals surface area contributed by atoms with Crippen molar-refractivity contribution in [3.8, 4) is 0 Å². The van der Waals surface area contributed by atoms with Crippen molar-refractivity contribution in [1.29, 1.82) is 0 Å². The number of carbonyl (C=O) groups is 1. The molecule has 0 fully saturated rings. The summed E-state index contributed by atoms with van der Waals surface area (Å²) in [6.07, 6.45) is 0.535. The lowest BCUT2D eigenvalue weighted by Gasteiger charge is -2.05. The molecule has 118 valence electrons. The van der Waals surface area contributed by atoms with Gasteiger partial charge in [-0.2, -0.15) is 0 Å². The minimum atomic E-state index is -0.546. The highest BCUT2D eigenvalue weighted by Crippen LogP contribution is 2.28. The van der Waals surface area contributed by atoms with Crippen LogP contribution in [0.5, 0.6) is 0 Å². The van der Waals surface area contributed by atoms with Crippen molar-refractivity contribution in [3.63, 3.8) is 0 Å². The van der Waals surface area contributed by atoms with Gasteiger partial charge in [0.25, 0.3) is 5.91 Å². The number of hydrogen-bond acceptors (Lipinski definition) is 3. The molecule has 2 aromatic carbocycles. The Kier molecular flexibility index (Phi) is 4.26. The highest BCUT2D eigenvalue weighted by atomic mass is 35.5. The van der Waals surface area contributed by atoms with Crippen LogP contribution in [0.25, 0.3) is 11.0 Å². The van der Waals surface area contributed by atoms with Gasteiger partial charge in [-0.05, 0) is 29.8 Å². The molecule has 0 saturated heterocycles. The zero-order valence-corrected chi connectivity index (χ0v) is 13.7. The molecular weight excluding hydrogens is 337 g/mol. The van der Waals surface area contributed by atoms with Crippen LogP contribution in [0.3, 0.4) is 0 Å². The third kappa shape index (κ3) is 3.03. The number of nitrogens with one attached hydrogen (secondary N) is 1. The number of nitrogens with zero attached hydrogens (tertiary/aromatic N) is 2. The summed E-state index contributed by atoms with van der Waals surface area (Å²) in [4.78, 5) is 16.1. The van der Waals surface area contributed by atoms with Crippen LogP contribution in [0.4, 0.5) is 0 Å². The summed E-state index contributed by atoms with van der Waals surface area (Å²) in [5, 5.41) is 9.66. The molecule has 1 heterocycles. The van der Waals surface area contributed by atoms with Crippen LogP contribution in [0.1, 0.15) is 21.7 Å². The highest BCUT2D eigenvalue weighted by Gasteiger charge is 2.12. The lowest BCUT2D eigenvalue weighted by Crippen LogP contribution is -2.18. The van der Waals surface area contributed by atoms with Crippen LogP contribution in [-0.2, 0) is 13.5 Å². The number of fused-ring (bicyclic) bond motifs is 1. The number of carbonyl (C=O) groups excluding carboxylic acids is 1. The molecule has 0 bridgehead atoms. The molecular formula is C16H13Cl2N3O2. The number of benzene rings is 2. The summed E-state index contributed by atoms with van der Waals surface area (Å²) in [7, 11) is 1.90. The quantitative estimate of drug-likeness (QED) is 0.560. The van der Waals surface area contributed by atoms with Crippen molar-refractivity contribution >= 4 is 40.1 Å². The van der Waals surface area contributed by atoms with E-state index in [1.165, 1.54) is 0 Å². The van der Waals surface area contributed by atoms with Crippen molar-refractivity contribution < 1.29 is 10.0 Å². The van der Waals surface area contributed by atoms with Gasteiger partial charge in [0, 0.05) is 19.0 Å². The van der Waals surface area contributed by atoms with E-state index in [0.717, 1.165) is 22.4 Å². The van der Waals surface area contributed by atoms with Gasteiger partial charge in [-0.1, -0.05) is 35.3 Å². The third-order valence-electron chi connectivity index (χ3n) is 3.67. The topological polar surface area (TPSA) is 67.2 Å². The molecule has 0 saturated carbocycles. The predicted molar refractivity (Wildman–Crippen MR) is 89.2 cm³/mol. The van der Waals surface area contributed by atoms with E-state index in [1.807, 2.05) is 17.7 Å². The molecule has 23 heavy (non-hydrogen) atoms. The predicted octanol–water partition coefficient (Wildman–Crippen LogP) is 3.59. The maximum Gasteiger partial charge on any atom is 0.274 e. The monoisotopic (exact) mass is 349 g/mol. The standard InChI is InChI=1S/C16H13Cl2N3O2/c1-21-14-8-12(18)11(17)7-13(14)19-15(21)6-9-3-2-4-10(5-9)16(22)20-23/h2-5,7-8,23H,6H2,1H3,(H,20,22). The van der Waals surface area contributed by atoms with Gasteiger partial charge in [-0.3, -0.25) is 10.0 Å². The zero-order chi connectivity index (χ0) is 16.6. The van der Waals surface area contributed by atoms with Gasteiger partial charge in [0.2, 0.25) is 0 Å². The van der Waals surface area contributed by atoms with E-state index in [9.17, 15) is 4.79 Å². The largest absolute Gasteiger partial charge is 0.331 e. The number of hydroxylamine groups is 1. The maximum atomic E-state index is 11.5. The lowest BCUT2D eigenvalue weighted by molar-refractivity contribution is 0.0706. The van der Waals surface area contributed by atoms with Crippen molar-refractivity contribution in [2.45, 2.75) is 6.42 Å². The van der Waals surface area contributed by atoms with Crippen molar-refractivity contribution in [2.75, 3.05) is 0 Å². The van der Waals surface area contributed by atoms with Crippen LogP contribution in [-0.4, -0.2) is 20.7 Å². The molecule has 0 unspecified atom stereocenters. The van der Waals surface area contributed by atoms with Crippen molar-refractivity contribution in [3.05, 3.63) is 63.4 Å². The molecule has 7 heteroatoms. The summed E-state index contributed by atoms with van der Waals surface area (Å²) in [5.41, 5.74) is 4.57. The fourth-order valence-electron chi connectivity index (χ4n) is 2.46. The molecule has 3 rings (SSSR count). The number of rotatable bonds is 3. The van der Waals surface area contributed by atoms with Gasteiger partial charge in [0.05, 0.1) is 21.1 Å². The first kappa shape index (κ1) is 15.8. The van der Waals surface area contributed by atoms with E-state index in [0.29, 0.717) is 22.0 Å². The van der Waals surface area contributed by atoms with Gasteiger partial charge >= 0.3 is 0 Å². The average molecular weight is 350 g/mol. The zero-order valence-electron chi connectivity index (χ0n) is 12.2. The second-order valence-corrected chi connectivity index (χ2v) is 5.97. The number of amides is 1. The van der Waals surface area contributed by atoms with Crippen LogP contribution in [0, 0.1) is 0 Å². The summed E-state index contributed by atoms with van der Waals surface area (Å²) >= 11 is 12.1. The molecule has 0 atom stereocenters. The Morgan fingerprint density at radius 1 is 1.26 bits per heavy atom. The van der Waals surface area contributed by atoms with Crippen molar-refractivity contribution in [1.82, 2.24) is 15.0 Å². The summed E-state index contributed by atoms with van der Waals surface area (Å²) in [6, 6.07) is 10.5. The Labute approximate surface area is 142 Å². The molecule has 0 spiro atoms. The van der Waals surface area contributed by atoms with Crippen LogP contribution in [0.15, 0.2) is 36.4 Å². The smallest absolute Gasteiger partial charge is 0.274 e. The number of aryl methyl sites for hydroxylation is 1. The molecule has 0 aliphatic rings. The average Bonchev–Trinajstić information content (AvgIpc) is 2.83. The molecule has 0 aliphatic carbocycles. The van der Waals surface area contributed by atoms with E-state index in [1.54, 1.807) is 35.8 Å². The molecule has 0 radical (unpaired) electrons. The van der Waals surface area contributed by atoms with Gasteiger partial charge in [0.1, 0.15) is 5.82 Å². The Morgan fingerprint density at radius 3 is 2.74 bits per heavy atom. The number of halogens is 2. The Morgan fingerprint density at radius 2 is 2.00 bits per heavy atom. The summed E-state index contributed by atoms with van der Waals surface area (Å²) < 4.78 is 1.94. The molecule has 0 aliphatic heterocycles. The molecule has 5 nitrogen and oxygen atoms in total. The van der Waals surface area contributed by atoms with Crippen molar-refractivity contribution in [2.24, 2.45) is 7.05 Å². The minimum absolute atomic E-state index is 0.384. The normalized spacial score (nSPS) is 11.0. The molecule has 1 aromatic heterocycles. The molecule has 1 amide bonds. The second-order valence-electron chi connectivity index (χ2n) is 5.16. The van der Waals surface area contributed by atoms with Crippen LogP contribution < -0.4 is 5.48 Å². The first-order valence-electron chi connectivity index (χ1n) is 6.83. The molecule has 2 N–H and O–H groups in total. The minimum Gasteiger partial charge on any atom is -0.331 e. The van der Waals surface area contributed by atoms with E-state index in [-0.39, 0.29) is 0 Å². The van der Waals surface area contributed by atoms with Gasteiger partial charge in [-0.15, -0.1) is 0 Å². The highest BCUT2D eigenvalue weighted by molar-refractivity contribution is 6.42. The van der Waals surface area contributed by atoms with Gasteiger partial charge in [0.15, 0.2) is 0 Å². The Balaban J connectivity index is 1.99.